The number of aryl methyl sites for hydroxylation is 1. The van der Waals surface area contributed by atoms with Gasteiger partial charge in [-0.2, -0.15) is 5.10 Å². The van der Waals surface area contributed by atoms with Crippen molar-refractivity contribution >= 4 is 11.3 Å². The van der Waals surface area contributed by atoms with Crippen LogP contribution in [0.25, 0.3) is 0 Å². The van der Waals surface area contributed by atoms with E-state index in [9.17, 15) is 0 Å². The summed E-state index contributed by atoms with van der Waals surface area (Å²) in [6.07, 6.45) is 4.73. The zero-order valence-electron chi connectivity index (χ0n) is 10.8. The molecule has 5 heteroatoms. The van der Waals surface area contributed by atoms with E-state index in [1.54, 1.807) is 17.7 Å². The standard InChI is InChI=1S/C12H18N4S/c1-5-10-13-6-9(17-10)7-16-8-14-11(15-16)12(2,3)4/h6,8H,5,7H2,1-4H3. The highest BCUT2D eigenvalue weighted by molar-refractivity contribution is 7.11. The lowest BCUT2D eigenvalue weighted by Gasteiger charge is -2.12. The van der Waals surface area contributed by atoms with Gasteiger partial charge < -0.3 is 0 Å². The van der Waals surface area contributed by atoms with Crippen molar-refractivity contribution in [3.63, 3.8) is 0 Å². The highest BCUT2D eigenvalue weighted by Crippen LogP contribution is 2.18. The van der Waals surface area contributed by atoms with Gasteiger partial charge in [-0.1, -0.05) is 27.7 Å². The van der Waals surface area contributed by atoms with Crippen molar-refractivity contribution in [2.45, 2.75) is 46.1 Å². The summed E-state index contributed by atoms with van der Waals surface area (Å²) < 4.78 is 1.88. The van der Waals surface area contributed by atoms with Gasteiger partial charge in [0.1, 0.15) is 6.33 Å². The maximum absolute atomic E-state index is 4.50. The van der Waals surface area contributed by atoms with Crippen LogP contribution in [0.5, 0.6) is 0 Å². The summed E-state index contributed by atoms with van der Waals surface area (Å²) in [6, 6.07) is 0. The number of aromatic nitrogens is 4. The fourth-order valence-electron chi connectivity index (χ4n) is 1.46. The quantitative estimate of drug-likeness (QED) is 0.841. The molecule has 0 unspecified atom stereocenters. The molecule has 0 atom stereocenters. The highest BCUT2D eigenvalue weighted by Gasteiger charge is 2.18. The van der Waals surface area contributed by atoms with Gasteiger partial charge in [-0.3, -0.25) is 0 Å². The molecule has 0 aromatic carbocycles. The first-order chi connectivity index (χ1) is 7.99. The summed E-state index contributed by atoms with van der Waals surface area (Å²) in [5, 5.41) is 5.67. The molecular weight excluding hydrogens is 232 g/mol. The Bertz CT molecular complexity index is 493. The topological polar surface area (TPSA) is 43.6 Å². The van der Waals surface area contributed by atoms with Crippen LogP contribution in [0, 0.1) is 0 Å². The molecule has 17 heavy (non-hydrogen) atoms. The normalized spacial score (nSPS) is 12.0. The predicted octanol–water partition coefficient (Wildman–Crippen LogP) is 2.64. The second-order valence-electron chi connectivity index (χ2n) is 5.09. The van der Waals surface area contributed by atoms with Gasteiger partial charge in [0.15, 0.2) is 5.82 Å². The minimum Gasteiger partial charge on any atom is -0.249 e. The summed E-state index contributed by atoms with van der Waals surface area (Å²) in [5.41, 5.74) is 0.00747. The SMILES string of the molecule is CCc1ncc(Cn2cnc(C(C)(C)C)n2)s1. The molecule has 0 bridgehead atoms. The van der Waals surface area contributed by atoms with Gasteiger partial charge in [0.25, 0.3) is 0 Å². The van der Waals surface area contributed by atoms with Crippen molar-refractivity contribution in [3.8, 4) is 0 Å². The van der Waals surface area contributed by atoms with Crippen molar-refractivity contribution < 1.29 is 0 Å². The van der Waals surface area contributed by atoms with Crippen LogP contribution in [-0.4, -0.2) is 19.7 Å². The Labute approximate surface area is 106 Å². The van der Waals surface area contributed by atoms with Crippen molar-refractivity contribution in [1.29, 1.82) is 0 Å². The Morgan fingerprint density at radius 2 is 2.06 bits per heavy atom. The molecule has 0 aliphatic heterocycles. The largest absolute Gasteiger partial charge is 0.249 e. The Morgan fingerprint density at radius 3 is 2.59 bits per heavy atom. The lowest BCUT2D eigenvalue weighted by Crippen LogP contribution is -2.14. The summed E-state index contributed by atoms with van der Waals surface area (Å²) in [4.78, 5) is 9.92. The van der Waals surface area contributed by atoms with E-state index in [0.717, 1.165) is 18.8 Å². The van der Waals surface area contributed by atoms with Crippen LogP contribution >= 0.6 is 11.3 Å². The Hall–Kier alpha value is -1.23. The summed E-state index contributed by atoms with van der Waals surface area (Å²) in [6.45, 7) is 9.24. The fraction of sp³-hybridized carbons (Fsp3) is 0.583. The van der Waals surface area contributed by atoms with E-state index in [-0.39, 0.29) is 5.41 Å². The molecule has 0 N–H and O–H groups in total. The Kier molecular flexibility index (Phi) is 3.28. The van der Waals surface area contributed by atoms with Crippen molar-refractivity contribution in [2.24, 2.45) is 0 Å². The van der Waals surface area contributed by atoms with Crippen LogP contribution < -0.4 is 0 Å². The molecule has 0 radical (unpaired) electrons. The Balaban J connectivity index is 2.11. The highest BCUT2D eigenvalue weighted by atomic mass is 32.1. The van der Waals surface area contributed by atoms with E-state index < -0.39 is 0 Å². The molecule has 2 heterocycles. The fourth-order valence-corrected chi connectivity index (χ4v) is 2.31. The monoisotopic (exact) mass is 250 g/mol. The Morgan fingerprint density at radius 1 is 1.29 bits per heavy atom. The molecule has 0 fully saturated rings. The van der Waals surface area contributed by atoms with Crippen molar-refractivity contribution in [3.05, 3.63) is 28.2 Å². The van der Waals surface area contributed by atoms with Crippen molar-refractivity contribution in [1.82, 2.24) is 19.7 Å². The van der Waals surface area contributed by atoms with Gasteiger partial charge in [0, 0.05) is 16.5 Å². The van der Waals surface area contributed by atoms with E-state index in [2.05, 4.69) is 42.8 Å². The van der Waals surface area contributed by atoms with E-state index in [0.29, 0.717) is 0 Å². The van der Waals surface area contributed by atoms with Crippen LogP contribution in [0.15, 0.2) is 12.5 Å². The van der Waals surface area contributed by atoms with E-state index >= 15 is 0 Å². The first-order valence-electron chi connectivity index (χ1n) is 5.82. The first kappa shape index (κ1) is 12.2. The van der Waals surface area contributed by atoms with E-state index in [1.807, 2.05) is 10.9 Å². The summed E-state index contributed by atoms with van der Waals surface area (Å²) >= 11 is 1.74. The average Bonchev–Trinajstić information content (AvgIpc) is 2.86. The summed E-state index contributed by atoms with van der Waals surface area (Å²) in [7, 11) is 0. The van der Waals surface area contributed by atoms with Crippen molar-refractivity contribution in [2.75, 3.05) is 0 Å². The van der Waals surface area contributed by atoms with Gasteiger partial charge >= 0.3 is 0 Å². The van der Waals surface area contributed by atoms with Crippen LogP contribution in [0.3, 0.4) is 0 Å². The molecule has 2 aromatic heterocycles. The molecule has 2 aromatic rings. The third-order valence-corrected chi connectivity index (χ3v) is 3.56. The summed E-state index contributed by atoms with van der Waals surface area (Å²) in [5.74, 6) is 0.887. The number of nitrogens with zero attached hydrogens (tertiary/aromatic N) is 4. The van der Waals surface area contributed by atoms with Crippen LogP contribution in [-0.2, 0) is 18.4 Å². The third kappa shape index (κ3) is 2.91. The van der Waals surface area contributed by atoms with Crippen LogP contribution in [0.1, 0.15) is 43.4 Å². The maximum Gasteiger partial charge on any atom is 0.155 e. The van der Waals surface area contributed by atoms with E-state index in [4.69, 9.17) is 0 Å². The maximum atomic E-state index is 4.50. The van der Waals surface area contributed by atoms with Crippen LogP contribution in [0.2, 0.25) is 0 Å². The van der Waals surface area contributed by atoms with Gasteiger partial charge in [-0.15, -0.1) is 11.3 Å². The molecule has 0 aliphatic rings. The number of hydrogen-bond donors (Lipinski definition) is 0. The number of thiazole rings is 1. The lowest BCUT2D eigenvalue weighted by molar-refractivity contribution is 0.533. The molecule has 0 saturated heterocycles. The first-order valence-corrected chi connectivity index (χ1v) is 6.64. The van der Waals surface area contributed by atoms with Gasteiger partial charge in [0.05, 0.1) is 11.6 Å². The average molecular weight is 250 g/mol. The molecule has 2 rings (SSSR count). The van der Waals surface area contributed by atoms with Crippen LogP contribution in [0.4, 0.5) is 0 Å². The second-order valence-corrected chi connectivity index (χ2v) is 6.29. The van der Waals surface area contributed by atoms with E-state index in [1.165, 1.54) is 9.88 Å². The predicted molar refractivity (Wildman–Crippen MR) is 69.3 cm³/mol. The molecule has 0 aliphatic carbocycles. The number of hydrogen-bond acceptors (Lipinski definition) is 4. The van der Waals surface area contributed by atoms with Gasteiger partial charge in [-0.05, 0) is 6.42 Å². The minimum absolute atomic E-state index is 0.00747. The molecule has 4 nitrogen and oxygen atoms in total. The molecule has 0 amide bonds. The third-order valence-electron chi connectivity index (χ3n) is 2.43. The van der Waals surface area contributed by atoms with Gasteiger partial charge in [-0.25, -0.2) is 14.6 Å². The smallest absolute Gasteiger partial charge is 0.155 e. The molecule has 0 saturated carbocycles. The minimum atomic E-state index is 0.00747. The molecular formula is C12H18N4S. The zero-order chi connectivity index (χ0) is 12.5. The second kappa shape index (κ2) is 4.56. The van der Waals surface area contributed by atoms with Gasteiger partial charge in [0.2, 0.25) is 0 Å². The number of rotatable bonds is 3. The molecule has 92 valence electrons. The zero-order valence-corrected chi connectivity index (χ0v) is 11.6. The lowest BCUT2D eigenvalue weighted by atomic mass is 9.96. The molecule has 0 spiro atoms.